The molecule has 86 valence electrons. The van der Waals surface area contributed by atoms with Gasteiger partial charge in [-0.15, -0.1) is 22.7 Å². The number of fused-ring (bicyclic) bond motifs is 1. The summed E-state index contributed by atoms with van der Waals surface area (Å²) in [7, 11) is 0. The number of thiophene rings is 2. The van der Waals surface area contributed by atoms with Gasteiger partial charge in [-0.2, -0.15) is 0 Å². The lowest BCUT2D eigenvalue weighted by Gasteiger charge is -2.04. The predicted molar refractivity (Wildman–Crippen MR) is 81.9 cm³/mol. The molecule has 0 aliphatic carbocycles. The number of hydrogen-bond acceptors (Lipinski definition) is 2. The molecular formula is C13H8BrClS2. The molecule has 0 amide bonds. The van der Waals surface area contributed by atoms with E-state index in [2.05, 4.69) is 46.3 Å². The molecule has 0 fully saturated rings. The zero-order valence-corrected chi connectivity index (χ0v) is 12.7. The van der Waals surface area contributed by atoms with Crippen LogP contribution < -0.4 is 0 Å². The monoisotopic (exact) mass is 342 g/mol. The Morgan fingerprint density at radius 3 is 2.71 bits per heavy atom. The fourth-order valence-electron chi connectivity index (χ4n) is 1.74. The third-order valence-corrected chi connectivity index (χ3v) is 6.73. The molecule has 0 saturated heterocycles. The van der Waals surface area contributed by atoms with Crippen molar-refractivity contribution in [1.82, 2.24) is 0 Å². The van der Waals surface area contributed by atoms with Gasteiger partial charge in [0.05, 0.1) is 9.85 Å². The molecule has 1 aromatic carbocycles. The van der Waals surface area contributed by atoms with Crippen LogP contribution in [0.5, 0.6) is 0 Å². The normalized spacial score (nSPS) is 13.1. The molecular weight excluding hydrogens is 336 g/mol. The molecule has 0 radical (unpaired) electrons. The highest BCUT2D eigenvalue weighted by molar-refractivity contribution is 9.09. The van der Waals surface area contributed by atoms with Gasteiger partial charge in [0.1, 0.15) is 0 Å². The summed E-state index contributed by atoms with van der Waals surface area (Å²) < 4.78 is 1.32. The summed E-state index contributed by atoms with van der Waals surface area (Å²) in [6.07, 6.45) is 0. The van der Waals surface area contributed by atoms with E-state index >= 15 is 0 Å². The van der Waals surface area contributed by atoms with E-state index in [0.29, 0.717) is 0 Å². The van der Waals surface area contributed by atoms with E-state index in [1.165, 1.54) is 19.8 Å². The first-order valence-corrected chi connectivity index (χ1v) is 8.10. The summed E-state index contributed by atoms with van der Waals surface area (Å²) in [6.45, 7) is 0. The second-order valence-electron chi connectivity index (χ2n) is 3.68. The van der Waals surface area contributed by atoms with Crippen LogP contribution in [0.15, 0.2) is 41.8 Å². The minimum Gasteiger partial charge on any atom is -0.146 e. The Morgan fingerprint density at radius 1 is 1.18 bits per heavy atom. The summed E-state index contributed by atoms with van der Waals surface area (Å²) in [5, 5.41) is 4.16. The lowest BCUT2D eigenvalue weighted by atomic mass is 10.2. The number of hydrogen-bond donors (Lipinski definition) is 0. The molecule has 0 spiro atoms. The Bertz CT molecular complexity index is 623. The van der Waals surface area contributed by atoms with Gasteiger partial charge < -0.3 is 0 Å². The van der Waals surface area contributed by atoms with Crippen LogP contribution in [-0.4, -0.2) is 0 Å². The molecule has 0 saturated carbocycles. The van der Waals surface area contributed by atoms with Crippen LogP contribution in [-0.2, 0) is 0 Å². The summed E-state index contributed by atoms with van der Waals surface area (Å²) >= 11 is 13.4. The third-order valence-electron chi connectivity index (χ3n) is 2.57. The van der Waals surface area contributed by atoms with Crippen molar-refractivity contribution in [1.29, 1.82) is 0 Å². The first-order valence-electron chi connectivity index (χ1n) is 5.11. The Morgan fingerprint density at radius 2 is 2.00 bits per heavy atom. The van der Waals surface area contributed by atoms with Gasteiger partial charge in [-0.25, -0.2) is 0 Å². The Kier molecular flexibility index (Phi) is 3.26. The van der Waals surface area contributed by atoms with E-state index in [0.717, 1.165) is 5.02 Å². The Labute approximate surface area is 121 Å². The van der Waals surface area contributed by atoms with Gasteiger partial charge in [0.25, 0.3) is 0 Å². The Balaban J connectivity index is 2.07. The molecule has 0 nitrogen and oxygen atoms in total. The molecule has 0 N–H and O–H groups in total. The number of alkyl halides is 1. The SMILES string of the molecule is Clc1ccsc1C(Br)c1cc2ccccc2s1. The largest absolute Gasteiger partial charge is 0.146 e. The van der Waals surface area contributed by atoms with Crippen LogP contribution in [0.25, 0.3) is 10.1 Å². The van der Waals surface area contributed by atoms with E-state index in [-0.39, 0.29) is 4.83 Å². The van der Waals surface area contributed by atoms with E-state index < -0.39 is 0 Å². The first kappa shape index (κ1) is 11.7. The third kappa shape index (κ3) is 2.17. The Hall–Kier alpha value is -0.350. The summed E-state index contributed by atoms with van der Waals surface area (Å²) in [5.41, 5.74) is 0. The highest BCUT2D eigenvalue weighted by Crippen LogP contribution is 2.42. The van der Waals surface area contributed by atoms with Gasteiger partial charge in [0.2, 0.25) is 0 Å². The minimum atomic E-state index is 0.201. The van der Waals surface area contributed by atoms with Gasteiger partial charge in [0, 0.05) is 14.5 Å². The van der Waals surface area contributed by atoms with Gasteiger partial charge in [-0.3, -0.25) is 0 Å². The summed E-state index contributed by atoms with van der Waals surface area (Å²) in [6, 6.07) is 12.6. The zero-order chi connectivity index (χ0) is 11.8. The van der Waals surface area contributed by atoms with Crippen molar-refractivity contribution in [3.8, 4) is 0 Å². The van der Waals surface area contributed by atoms with Crippen LogP contribution in [0.4, 0.5) is 0 Å². The number of halogens is 2. The smallest absolute Gasteiger partial charge is 0.0846 e. The van der Waals surface area contributed by atoms with Gasteiger partial charge in [-0.1, -0.05) is 45.7 Å². The maximum absolute atomic E-state index is 6.17. The fraction of sp³-hybridized carbons (Fsp3) is 0.0769. The fourth-order valence-corrected chi connectivity index (χ4v) is 5.14. The van der Waals surface area contributed by atoms with Crippen LogP contribution in [0.1, 0.15) is 14.6 Å². The van der Waals surface area contributed by atoms with Gasteiger partial charge >= 0.3 is 0 Å². The second-order valence-corrected chi connectivity index (χ2v) is 7.07. The average molecular weight is 344 g/mol. The van der Waals surface area contributed by atoms with Crippen molar-refractivity contribution in [3.63, 3.8) is 0 Å². The molecule has 2 aromatic heterocycles. The molecule has 0 aliphatic rings. The van der Waals surface area contributed by atoms with Crippen LogP contribution >= 0.6 is 50.2 Å². The van der Waals surface area contributed by atoms with E-state index in [1.54, 1.807) is 11.3 Å². The predicted octanol–water partition coefficient (Wildman–Crippen LogP) is 6.10. The lowest BCUT2D eigenvalue weighted by Crippen LogP contribution is -1.84. The van der Waals surface area contributed by atoms with E-state index in [1.807, 2.05) is 22.8 Å². The highest BCUT2D eigenvalue weighted by atomic mass is 79.9. The van der Waals surface area contributed by atoms with Crippen LogP contribution in [0.2, 0.25) is 5.02 Å². The molecule has 4 heteroatoms. The van der Waals surface area contributed by atoms with Crippen molar-refractivity contribution in [2.45, 2.75) is 4.83 Å². The zero-order valence-electron chi connectivity index (χ0n) is 8.69. The van der Waals surface area contributed by atoms with E-state index in [9.17, 15) is 0 Å². The highest BCUT2D eigenvalue weighted by Gasteiger charge is 2.17. The number of benzene rings is 1. The summed E-state index contributed by atoms with van der Waals surface area (Å²) in [5.74, 6) is 0. The van der Waals surface area contributed by atoms with Crippen molar-refractivity contribution >= 4 is 60.3 Å². The van der Waals surface area contributed by atoms with Crippen molar-refractivity contribution < 1.29 is 0 Å². The molecule has 2 heterocycles. The molecule has 1 unspecified atom stereocenters. The van der Waals surface area contributed by atoms with Crippen LogP contribution in [0.3, 0.4) is 0 Å². The van der Waals surface area contributed by atoms with Crippen molar-refractivity contribution in [3.05, 3.63) is 56.6 Å². The van der Waals surface area contributed by atoms with Crippen molar-refractivity contribution in [2.24, 2.45) is 0 Å². The standard InChI is InChI=1S/C13H8BrClS2/c14-12(13-9(15)5-6-16-13)11-7-8-3-1-2-4-10(8)17-11/h1-7,12H. The quantitative estimate of drug-likeness (QED) is 0.493. The molecule has 0 bridgehead atoms. The number of rotatable bonds is 2. The van der Waals surface area contributed by atoms with Gasteiger partial charge in [-0.05, 0) is 29.0 Å². The molecule has 3 rings (SSSR count). The lowest BCUT2D eigenvalue weighted by molar-refractivity contribution is 1.29. The molecule has 3 aromatic rings. The maximum Gasteiger partial charge on any atom is 0.0846 e. The molecule has 0 aliphatic heterocycles. The molecule has 1 atom stereocenters. The second kappa shape index (κ2) is 4.73. The van der Waals surface area contributed by atoms with E-state index in [4.69, 9.17) is 11.6 Å². The average Bonchev–Trinajstić information content (AvgIpc) is 2.93. The summed E-state index contributed by atoms with van der Waals surface area (Å²) in [4.78, 5) is 2.68. The minimum absolute atomic E-state index is 0.201. The van der Waals surface area contributed by atoms with Crippen LogP contribution in [0, 0.1) is 0 Å². The van der Waals surface area contributed by atoms with Crippen molar-refractivity contribution in [2.75, 3.05) is 0 Å². The topological polar surface area (TPSA) is 0 Å². The maximum atomic E-state index is 6.17. The van der Waals surface area contributed by atoms with Gasteiger partial charge in [0.15, 0.2) is 0 Å². The molecule has 17 heavy (non-hydrogen) atoms. The first-order chi connectivity index (χ1) is 8.25.